The lowest BCUT2D eigenvalue weighted by Gasteiger charge is -2.19. The van der Waals surface area contributed by atoms with E-state index in [0.717, 1.165) is 46.7 Å². The molecule has 3 aromatic rings. The molecule has 1 aliphatic carbocycles. The lowest BCUT2D eigenvalue weighted by atomic mass is 9.92. The highest BCUT2D eigenvalue weighted by Gasteiger charge is 2.20. The molecule has 0 aliphatic heterocycles. The number of ether oxygens (including phenoxy) is 1. The number of hydrogen-bond donors (Lipinski definition) is 2. The summed E-state index contributed by atoms with van der Waals surface area (Å²) >= 11 is 0. The minimum absolute atomic E-state index is 0.134. The van der Waals surface area contributed by atoms with Gasteiger partial charge in [-0.1, -0.05) is 30.8 Å². The highest BCUT2D eigenvalue weighted by atomic mass is 16.5. The van der Waals surface area contributed by atoms with Crippen LogP contribution in [0, 0.1) is 20.8 Å². The van der Waals surface area contributed by atoms with Crippen LogP contribution in [0.25, 0.3) is 0 Å². The fraction of sp³-hybridized carbons (Fsp3) is 0.480. The van der Waals surface area contributed by atoms with E-state index in [4.69, 9.17) is 9.72 Å². The predicted molar refractivity (Wildman–Crippen MR) is 121 cm³/mol. The quantitative estimate of drug-likeness (QED) is 0.527. The average Bonchev–Trinajstić information content (AvgIpc) is 3.02. The van der Waals surface area contributed by atoms with Gasteiger partial charge in [0.15, 0.2) is 5.82 Å². The zero-order chi connectivity index (χ0) is 22.7. The van der Waals surface area contributed by atoms with Crippen molar-refractivity contribution in [1.29, 1.82) is 0 Å². The summed E-state index contributed by atoms with van der Waals surface area (Å²) in [5, 5.41) is 14.1. The summed E-state index contributed by atoms with van der Waals surface area (Å²) in [7, 11) is 0. The SMILES string of the molecule is Cc1cc(OCc2noc(=O)[nH]2)c(C)c(C)c1Cc1ccc(O)c(C2CCCCCC2)n1. The number of pyridine rings is 1. The van der Waals surface area contributed by atoms with Gasteiger partial charge in [0.1, 0.15) is 18.1 Å². The van der Waals surface area contributed by atoms with Crippen LogP contribution in [0.1, 0.15) is 83.9 Å². The molecule has 7 heteroatoms. The van der Waals surface area contributed by atoms with E-state index in [9.17, 15) is 9.90 Å². The smallest absolute Gasteiger partial charge is 0.439 e. The molecule has 1 saturated carbocycles. The molecule has 2 heterocycles. The molecule has 4 rings (SSSR count). The summed E-state index contributed by atoms with van der Waals surface area (Å²) in [5.74, 6) is 1.19. The Labute approximate surface area is 187 Å². The minimum atomic E-state index is -0.590. The van der Waals surface area contributed by atoms with Gasteiger partial charge in [0.25, 0.3) is 0 Å². The zero-order valence-electron chi connectivity index (χ0n) is 19.0. The van der Waals surface area contributed by atoms with Crippen molar-refractivity contribution in [1.82, 2.24) is 15.1 Å². The third-order valence-electron chi connectivity index (χ3n) is 6.62. The normalized spacial score (nSPS) is 15.0. The van der Waals surface area contributed by atoms with Crippen molar-refractivity contribution in [2.45, 2.75) is 78.2 Å². The molecule has 32 heavy (non-hydrogen) atoms. The third-order valence-corrected chi connectivity index (χ3v) is 6.62. The van der Waals surface area contributed by atoms with E-state index in [-0.39, 0.29) is 6.61 Å². The van der Waals surface area contributed by atoms with Gasteiger partial charge in [-0.3, -0.25) is 14.5 Å². The van der Waals surface area contributed by atoms with E-state index < -0.39 is 5.76 Å². The molecule has 2 aromatic heterocycles. The molecule has 7 nitrogen and oxygen atoms in total. The van der Waals surface area contributed by atoms with Crippen molar-refractivity contribution in [3.63, 3.8) is 0 Å². The number of aromatic nitrogens is 3. The summed E-state index contributed by atoms with van der Waals surface area (Å²) < 4.78 is 10.4. The van der Waals surface area contributed by atoms with Crippen molar-refractivity contribution in [2.75, 3.05) is 0 Å². The lowest BCUT2D eigenvalue weighted by molar-refractivity contribution is 0.283. The molecule has 1 aliphatic rings. The van der Waals surface area contributed by atoms with Gasteiger partial charge in [0.05, 0.1) is 5.69 Å². The summed E-state index contributed by atoms with van der Waals surface area (Å²) in [6.45, 7) is 6.32. The molecule has 170 valence electrons. The van der Waals surface area contributed by atoms with Crippen LogP contribution in [-0.2, 0) is 13.0 Å². The molecule has 0 saturated heterocycles. The topological polar surface area (TPSA) is 101 Å². The van der Waals surface area contributed by atoms with Gasteiger partial charge in [0, 0.05) is 18.0 Å². The third kappa shape index (κ3) is 4.87. The molecule has 0 radical (unpaired) electrons. The fourth-order valence-electron chi connectivity index (χ4n) is 4.63. The highest BCUT2D eigenvalue weighted by Crippen LogP contribution is 2.36. The van der Waals surface area contributed by atoms with Crippen LogP contribution in [0.2, 0.25) is 0 Å². The first-order valence-corrected chi connectivity index (χ1v) is 11.4. The average molecular weight is 438 g/mol. The molecule has 0 bridgehead atoms. The maximum absolute atomic E-state index is 11.1. The number of hydrogen-bond acceptors (Lipinski definition) is 6. The van der Waals surface area contributed by atoms with Crippen LogP contribution in [-0.4, -0.2) is 20.2 Å². The summed E-state index contributed by atoms with van der Waals surface area (Å²) in [6, 6.07) is 5.74. The van der Waals surface area contributed by atoms with Gasteiger partial charge in [-0.15, -0.1) is 0 Å². The van der Waals surface area contributed by atoms with Crippen LogP contribution in [0.4, 0.5) is 0 Å². The second kappa shape index (κ2) is 9.59. The standard InChI is InChI=1S/C25H31N3O4/c1-15-12-22(31-14-23-27-25(30)32-28-23)17(3)16(2)20(15)13-19-10-11-21(29)24(26-19)18-8-6-4-5-7-9-18/h10-12,18,29H,4-9,13-14H2,1-3H3,(H,27,28,30). The predicted octanol–water partition coefficient (Wildman–Crippen LogP) is 5.00. The Hall–Kier alpha value is -3.09. The maximum Gasteiger partial charge on any atom is 0.439 e. The molecule has 2 N–H and O–H groups in total. The molecule has 1 aromatic carbocycles. The van der Waals surface area contributed by atoms with Crippen LogP contribution < -0.4 is 10.5 Å². The monoisotopic (exact) mass is 437 g/mol. The Morgan fingerprint density at radius 2 is 1.88 bits per heavy atom. The van der Waals surface area contributed by atoms with E-state index in [2.05, 4.69) is 28.5 Å². The number of aromatic amines is 1. The van der Waals surface area contributed by atoms with Crippen LogP contribution in [0.15, 0.2) is 27.5 Å². The number of rotatable bonds is 6. The minimum Gasteiger partial charge on any atom is -0.506 e. The molecule has 0 atom stereocenters. The van der Waals surface area contributed by atoms with Crippen molar-refractivity contribution >= 4 is 0 Å². The number of aromatic hydroxyl groups is 1. The number of aryl methyl sites for hydroxylation is 1. The molecule has 1 fully saturated rings. The largest absolute Gasteiger partial charge is 0.506 e. The molecular weight excluding hydrogens is 406 g/mol. The number of nitrogens with zero attached hydrogens (tertiary/aromatic N) is 2. The van der Waals surface area contributed by atoms with Gasteiger partial charge in [-0.05, 0) is 74.1 Å². The zero-order valence-corrected chi connectivity index (χ0v) is 19.0. The van der Waals surface area contributed by atoms with Gasteiger partial charge in [-0.25, -0.2) is 4.79 Å². The number of benzene rings is 1. The Balaban J connectivity index is 1.55. The second-order valence-electron chi connectivity index (χ2n) is 8.82. The van der Waals surface area contributed by atoms with Crippen molar-refractivity contribution in [3.8, 4) is 11.5 Å². The van der Waals surface area contributed by atoms with E-state index in [1.807, 2.05) is 19.1 Å². The Kier molecular flexibility index (Phi) is 6.63. The van der Waals surface area contributed by atoms with Gasteiger partial charge in [-0.2, -0.15) is 0 Å². The molecule has 0 spiro atoms. The van der Waals surface area contributed by atoms with E-state index >= 15 is 0 Å². The van der Waals surface area contributed by atoms with Crippen molar-refractivity contribution in [3.05, 3.63) is 68.2 Å². The molecular formula is C25H31N3O4. The first kappa shape index (κ1) is 22.1. The molecule has 0 unspecified atom stereocenters. The first-order valence-electron chi connectivity index (χ1n) is 11.4. The fourth-order valence-corrected chi connectivity index (χ4v) is 4.63. The van der Waals surface area contributed by atoms with Crippen LogP contribution in [0.5, 0.6) is 11.5 Å². The van der Waals surface area contributed by atoms with Gasteiger partial charge < -0.3 is 9.84 Å². The van der Waals surface area contributed by atoms with Crippen molar-refractivity contribution < 1.29 is 14.4 Å². The molecule has 0 amide bonds. The van der Waals surface area contributed by atoms with Gasteiger partial charge in [0.2, 0.25) is 0 Å². The number of H-pyrrole nitrogens is 1. The lowest BCUT2D eigenvalue weighted by Crippen LogP contribution is -2.07. The summed E-state index contributed by atoms with van der Waals surface area (Å²) in [5.41, 5.74) is 6.36. The Morgan fingerprint density at radius 1 is 1.12 bits per heavy atom. The second-order valence-corrected chi connectivity index (χ2v) is 8.82. The summed E-state index contributed by atoms with van der Waals surface area (Å²) in [6.07, 6.45) is 7.86. The van der Waals surface area contributed by atoms with Crippen LogP contribution in [0.3, 0.4) is 0 Å². The highest BCUT2D eigenvalue weighted by molar-refractivity contribution is 5.49. The van der Waals surface area contributed by atoms with Gasteiger partial charge >= 0.3 is 5.76 Å². The van der Waals surface area contributed by atoms with E-state index in [0.29, 0.717) is 23.9 Å². The van der Waals surface area contributed by atoms with Crippen molar-refractivity contribution in [2.24, 2.45) is 0 Å². The number of nitrogens with one attached hydrogen (secondary N) is 1. The van der Waals surface area contributed by atoms with E-state index in [1.165, 1.54) is 31.2 Å². The van der Waals surface area contributed by atoms with Crippen LogP contribution >= 0.6 is 0 Å². The van der Waals surface area contributed by atoms with E-state index in [1.54, 1.807) is 6.07 Å². The Morgan fingerprint density at radius 3 is 2.56 bits per heavy atom. The first-order chi connectivity index (χ1) is 15.4. The maximum atomic E-state index is 11.1. The Bertz CT molecular complexity index is 1140. The summed E-state index contributed by atoms with van der Waals surface area (Å²) in [4.78, 5) is 18.5.